The number of ether oxygens (including phenoxy) is 1. The van der Waals surface area contributed by atoms with Crippen molar-refractivity contribution in [1.82, 2.24) is 0 Å². The Hall–Kier alpha value is -0.790. The molecule has 2 nitrogen and oxygen atoms in total. The summed E-state index contributed by atoms with van der Waals surface area (Å²) in [5.74, 6) is -0.182. The third-order valence-electron chi connectivity index (χ3n) is 1.69. The number of esters is 1. The predicted octanol–water partition coefficient (Wildman–Crippen LogP) is 2.29. The summed E-state index contributed by atoms with van der Waals surface area (Å²) in [5, 5.41) is 0. The van der Waals surface area contributed by atoms with Gasteiger partial charge in [0.1, 0.15) is 5.60 Å². The van der Waals surface area contributed by atoms with Crippen LogP contribution in [-0.4, -0.2) is 11.6 Å². The Balaban J connectivity index is 4.12. The van der Waals surface area contributed by atoms with E-state index >= 15 is 0 Å². The standard InChI is InChI=1S/C9H16O2/c1-6-8(10)11-9(4,5)7(2)3/h2,6H2,1,3-5H3. The lowest BCUT2D eigenvalue weighted by molar-refractivity contribution is -0.152. The average Bonchev–Trinajstić information content (AvgIpc) is 1.86. The Morgan fingerprint density at radius 2 is 2.00 bits per heavy atom. The first-order valence-corrected chi connectivity index (χ1v) is 3.78. The van der Waals surface area contributed by atoms with E-state index in [1.807, 2.05) is 20.8 Å². The van der Waals surface area contributed by atoms with E-state index in [1.165, 1.54) is 0 Å². The monoisotopic (exact) mass is 156 g/mol. The molecule has 0 amide bonds. The molecule has 64 valence electrons. The number of rotatable bonds is 3. The number of carbonyl (C=O) groups excluding carboxylic acids is 1. The van der Waals surface area contributed by atoms with Gasteiger partial charge in [-0.15, -0.1) is 0 Å². The summed E-state index contributed by atoms with van der Waals surface area (Å²) in [7, 11) is 0. The summed E-state index contributed by atoms with van der Waals surface area (Å²) in [6.45, 7) is 11.0. The van der Waals surface area contributed by atoms with Crippen molar-refractivity contribution in [3.05, 3.63) is 12.2 Å². The topological polar surface area (TPSA) is 26.3 Å². The maximum absolute atomic E-state index is 10.9. The summed E-state index contributed by atoms with van der Waals surface area (Å²) in [4.78, 5) is 10.9. The predicted molar refractivity (Wildman–Crippen MR) is 45.3 cm³/mol. The molecule has 0 aliphatic heterocycles. The molecular formula is C9H16O2. The SMILES string of the molecule is C=C(C)C(C)(C)OC(=O)CC. The van der Waals surface area contributed by atoms with Gasteiger partial charge in [-0.25, -0.2) is 0 Å². The molecule has 0 N–H and O–H groups in total. The van der Waals surface area contributed by atoms with Crippen LogP contribution in [0.1, 0.15) is 34.1 Å². The van der Waals surface area contributed by atoms with Crippen LogP contribution < -0.4 is 0 Å². The van der Waals surface area contributed by atoms with Crippen molar-refractivity contribution in [2.45, 2.75) is 39.7 Å². The zero-order valence-electron chi connectivity index (χ0n) is 7.73. The summed E-state index contributed by atoms with van der Waals surface area (Å²) in [6, 6.07) is 0. The second-order valence-corrected chi connectivity index (χ2v) is 3.12. The minimum atomic E-state index is -0.521. The fourth-order valence-corrected chi connectivity index (χ4v) is 0.444. The summed E-state index contributed by atoms with van der Waals surface area (Å²) < 4.78 is 5.11. The largest absolute Gasteiger partial charge is 0.455 e. The van der Waals surface area contributed by atoms with E-state index in [0.29, 0.717) is 6.42 Å². The van der Waals surface area contributed by atoms with E-state index in [9.17, 15) is 4.79 Å². The van der Waals surface area contributed by atoms with Crippen molar-refractivity contribution in [2.24, 2.45) is 0 Å². The lowest BCUT2D eigenvalue weighted by Gasteiger charge is -2.25. The van der Waals surface area contributed by atoms with Crippen LogP contribution in [-0.2, 0) is 9.53 Å². The van der Waals surface area contributed by atoms with Gasteiger partial charge in [0.05, 0.1) is 0 Å². The molecule has 0 fully saturated rings. The summed E-state index contributed by atoms with van der Waals surface area (Å²) in [5.41, 5.74) is 0.340. The fraction of sp³-hybridized carbons (Fsp3) is 0.667. The van der Waals surface area contributed by atoms with Gasteiger partial charge in [-0.05, 0) is 26.3 Å². The van der Waals surface area contributed by atoms with Gasteiger partial charge in [-0.3, -0.25) is 4.79 Å². The Labute approximate surface area is 68.2 Å². The van der Waals surface area contributed by atoms with Gasteiger partial charge in [0.25, 0.3) is 0 Å². The van der Waals surface area contributed by atoms with Crippen LogP contribution in [0.4, 0.5) is 0 Å². The first-order chi connectivity index (χ1) is 4.90. The second kappa shape index (κ2) is 3.56. The third kappa shape index (κ3) is 3.21. The highest BCUT2D eigenvalue weighted by atomic mass is 16.6. The molecule has 0 radical (unpaired) electrons. The van der Waals surface area contributed by atoms with Gasteiger partial charge >= 0.3 is 5.97 Å². The molecule has 0 aliphatic rings. The van der Waals surface area contributed by atoms with Crippen LogP contribution in [0.5, 0.6) is 0 Å². The maximum Gasteiger partial charge on any atom is 0.306 e. The molecule has 2 heteroatoms. The van der Waals surface area contributed by atoms with Gasteiger partial charge in [-0.1, -0.05) is 13.5 Å². The molecule has 0 saturated carbocycles. The third-order valence-corrected chi connectivity index (χ3v) is 1.69. The summed E-state index contributed by atoms with van der Waals surface area (Å²) in [6.07, 6.45) is 0.413. The molecule has 0 unspecified atom stereocenters. The van der Waals surface area contributed by atoms with Crippen LogP contribution in [0.15, 0.2) is 12.2 Å². The first kappa shape index (κ1) is 10.2. The number of hydrogen-bond acceptors (Lipinski definition) is 2. The zero-order chi connectivity index (χ0) is 9.07. The second-order valence-electron chi connectivity index (χ2n) is 3.12. The molecule has 0 rings (SSSR count). The van der Waals surface area contributed by atoms with Crippen molar-refractivity contribution < 1.29 is 9.53 Å². The van der Waals surface area contributed by atoms with Crippen LogP contribution in [0, 0.1) is 0 Å². The minimum Gasteiger partial charge on any atom is -0.455 e. The number of carbonyl (C=O) groups is 1. The first-order valence-electron chi connectivity index (χ1n) is 3.78. The Kier molecular flexibility index (Phi) is 3.30. The van der Waals surface area contributed by atoms with E-state index in [4.69, 9.17) is 4.74 Å². The highest BCUT2D eigenvalue weighted by Crippen LogP contribution is 2.18. The van der Waals surface area contributed by atoms with Crippen molar-refractivity contribution in [3.63, 3.8) is 0 Å². The molecule has 0 heterocycles. The van der Waals surface area contributed by atoms with Crippen molar-refractivity contribution in [2.75, 3.05) is 0 Å². The molecule has 0 atom stereocenters. The van der Waals surface area contributed by atoms with Gasteiger partial charge in [0.2, 0.25) is 0 Å². The molecule has 0 bridgehead atoms. The van der Waals surface area contributed by atoms with E-state index < -0.39 is 5.60 Å². The van der Waals surface area contributed by atoms with Gasteiger partial charge < -0.3 is 4.74 Å². The zero-order valence-corrected chi connectivity index (χ0v) is 7.73. The molecule has 0 saturated heterocycles. The molecule has 11 heavy (non-hydrogen) atoms. The Morgan fingerprint density at radius 3 is 2.27 bits per heavy atom. The van der Waals surface area contributed by atoms with Crippen molar-refractivity contribution in [3.8, 4) is 0 Å². The smallest absolute Gasteiger partial charge is 0.306 e. The molecule has 0 aromatic heterocycles. The lowest BCUT2D eigenvalue weighted by atomic mass is 10.0. The lowest BCUT2D eigenvalue weighted by Crippen LogP contribution is -2.28. The molecule has 0 aromatic rings. The Morgan fingerprint density at radius 1 is 1.55 bits per heavy atom. The normalized spacial score (nSPS) is 10.9. The van der Waals surface area contributed by atoms with E-state index in [1.54, 1.807) is 6.92 Å². The molecule has 0 spiro atoms. The maximum atomic E-state index is 10.9. The van der Waals surface area contributed by atoms with Gasteiger partial charge in [0, 0.05) is 6.42 Å². The van der Waals surface area contributed by atoms with E-state index in [2.05, 4.69) is 6.58 Å². The quantitative estimate of drug-likeness (QED) is 0.463. The molecular weight excluding hydrogens is 140 g/mol. The van der Waals surface area contributed by atoms with Crippen molar-refractivity contribution >= 4 is 5.97 Å². The van der Waals surface area contributed by atoms with Crippen LogP contribution in [0.3, 0.4) is 0 Å². The van der Waals surface area contributed by atoms with Gasteiger partial charge in [-0.2, -0.15) is 0 Å². The van der Waals surface area contributed by atoms with E-state index in [-0.39, 0.29) is 5.97 Å². The minimum absolute atomic E-state index is 0.182. The molecule has 0 aliphatic carbocycles. The van der Waals surface area contributed by atoms with Crippen LogP contribution in [0.2, 0.25) is 0 Å². The van der Waals surface area contributed by atoms with Crippen molar-refractivity contribution in [1.29, 1.82) is 0 Å². The fourth-order valence-electron chi connectivity index (χ4n) is 0.444. The summed E-state index contributed by atoms with van der Waals surface area (Å²) >= 11 is 0. The Bertz CT molecular complexity index is 168. The van der Waals surface area contributed by atoms with Gasteiger partial charge in [0.15, 0.2) is 0 Å². The van der Waals surface area contributed by atoms with Crippen LogP contribution >= 0.6 is 0 Å². The number of hydrogen-bond donors (Lipinski definition) is 0. The average molecular weight is 156 g/mol. The van der Waals surface area contributed by atoms with Crippen LogP contribution in [0.25, 0.3) is 0 Å². The molecule has 0 aromatic carbocycles. The highest BCUT2D eigenvalue weighted by molar-refractivity contribution is 5.69. The highest BCUT2D eigenvalue weighted by Gasteiger charge is 2.22. The van der Waals surface area contributed by atoms with E-state index in [0.717, 1.165) is 5.57 Å².